The first-order valence-electron chi connectivity index (χ1n) is 6.66. The van der Waals surface area contributed by atoms with E-state index in [1.165, 1.54) is 19.3 Å². The Morgan fingerprint density at radius 1 is 1.22 bits per heavy atom. The standard InChI is InChI=1S/C15H24N2S/c1-11(2)7-6-8-12(3)17-14-10-5-4-9-13(14)15(16)18/h4-5,9-12,17H,6-8H2,1-3H3,(H2,16,18). The van der Waals surface area contributed by atoms with Crippen LogP contribution in [0, 0.1) is 5.92 Å². The van der Waals surface area contributed by atoms with E-state index in [1.807, 2.05) is 24.3 Å². The molecule has 3 N–H and O–H groups in total. The Kier molecular flexibility index (Phi) is 6.13. The second-order valence-electron chi connectivity index (χ2n) is 5.28. The van der Waals surface area contributed by atoms with E-state index in [4.69, 9.17) is 18.0 Å². The number of thiocarbonyl (C=S) groups is 1. The summed E-state index contributed by atoms with van der Waals surface area (Å²) in [6.07, 6.45) is 3.70. The summed E-state index contributed by atoms with van der Waals surface area (Å²) < 4.78 is 0. The molecule has 100 valence electrons. The lowest BCUT2D eigenvalue weighted by Gasteiger charge is -2.18. The highest BCUT2D eigenvalue weighted by Crippen LogP contribution is 2.18. The molecule has 0 heterocycles. The monoisotopic (exact) mass is 264 g/mol. The molecule has 1 rings (SSSR count). The maximum atomic E-state index is 5.72. The lowest BCUT2D eigenvalue weighted by Crippen LogP contribution is -2.19. The summed E-state index contributed by atoms with van der Waals surface area (Å²) in [6, 6.07) is 8.41. The van der Waals surface area contributed by atoms with E-state index in [1.54, 1.807) is 0 Å². The molecule has 1 aromatic carbocycles. The summed E-state index contributed by atoms with van der Waals surface area (Å²) in [5, 5.41) is 3.50. The lowest BCUT2D eigenvalue weighted by molar-refractivity contribution is 0.520. The van der Waals surface area contributed by atoms with Crippen molar-refractivity contribution in [1.82, 2.24) is 0 Å². The third kappa shape index (κ3) is 5.05. The maximum absolute atomic E-state index is 5.72. The second kappa shape index (κ2) is 7.37. The quantitative estimate of drug-likeness (QED) is 0.732. The number of nitrogens with two attached hydrogens (primary N) is 1. The zero-order valence-electron chi connectivity index (χ0n) is 11.6. The van der Waals surface area contributed by atoms with E-state index >= 15 is 0 Å². The number of benzene rings is 1. The van der Waals surface area contributed by atoms with E-state index in [2.05, 4.69) is 26.1 Å². The minimum absolute atomic E-state index is 0.444. The minimum Gasteiger partial charge on any atom is -0.389 e. The molecule has 0 bridgehead atoms. The molecule has 1 atom stereocenters. The Hall–Kier alpha value is -1.09. The van der Waals surface area contributed by atoms with Gasteiger partial charge in [-0.05, 0) is 31.4 Å². The average molecular weight is 264 g/mol. The molecule has 0 saturated heterocycles. The van der Waals surface area contributed by atoms with E-state index < -0.39 is 0 Å². The fourth-order valence-electron chi connectivity index (χ4n) is 1.99. The van der Waals surface area contributed by atoms with Crippen molar-refractivity contribution < 1.29 is 0 Å². The first-order chi connectivity index (χ1) is 8.50. The van der Waals surface area contributed by atoms with Gasteiger partial charge >= 0.3 is 0 Å². The summed E-state index contributed by atoms with van der Waals surface area (Å²) in [4.78, 5) is 0.451. The third-order valence-electron chi connectivity index (χ3n) is 3.01. The molecule has 0 amide bonds. The van der Waals surface area contributed by atoms with Crippen LogP contribution < -0.4 is 11.1 Å². The fraction of sp³-hybridized carbons (Fsp3) is 0.533. The Bertz CT molecular complexity index is 388. The Morgan fingerprint density at radius 2 is 1.89 bits per heavy atom. The summed E-state index contributed by atoms with van der Waals surface area (Å²) >= 11 is 5.06. The van der Waals surface area contributed by atoms with Crippen molar-refractivity contribution >= 4 is 22.9 Å². The van der Waals surface area contributed by atoms with Gasteiger partial charge in [-0.25, -0.2) is 0 Å². The van der Waals surface area contributed by atoms with Crippen LogP contribution in [0.5, 0.6) is 0 Å². The van der Waals surface area contributed by atoms with Gasteiger partial charge < -0.3 is 11.1 Å². The van der Waals surface area contributed by atoms with Crippen LogP contribution in [0.2, 0.25) is 0 Å². The van der Waals surface area contributed by atoms with E-state index in [0.717, 1.165) is 17.2 Å². The lowest BCUT2D eigenvalue weighted by atomic mass is 10.0. The van der Waals surface area contributed by atoms with Gasteiger partial charge in [0.1, 0.15) is 4.99 Å². The second-order valence-corrected chi connectivity index (χ2v) is 5.72. The topological polar surface area (TPSA) is 38.0 Å². The van der Waals surface area contributed by atoms with Crippen LogP contribution in [-0.4, -0.2) is 11.0 Å². The van der Waals surface area contributed by atoms with Crippen LogP contribution in [0.25, 0.3) is 0 Å². The smallest absolute Gasteiger partial charge is 0.106 e. The SMILES string of the molecule is CC(C)CCCC(C)Nc1ccccc1C(N)=S. The third-order valence-corrected chi connectivity index (χ3v) is 3.23. The predicted octanol–water partition coefficient (Wildman–Crippen LogP) is 3.95. The molecule has 1 aromatic rings. The van der Waals surface area contributed by atoms with Gasteiger partial charge in [-0.2, -0.15) is 0 Å². The van der Waals surface area contributed by atoms with Gasteiger partial charge in [0.15, 0.2) is 0 Å². The van der Waals surface area contributed by atoms with Crippen molar-refractivity contribution in [2.45, 2.75) is 46.1 Å². The zero-order chi connectivity index (χ0) is 13.5. The molecule has 0 aliphatic heterocycles. The molecule has 1 unspecified atom stereocenters. The molecule has 0 spiro atoms. The van der Waals surface area contributed by atoms with Crippen molar-refractivity contribution in [2.24, 2.45) is 11.7 Å². The van der Waals surface area contributed by atoms with Crippen molar-refractivity contribution in [3.05, 3.63) is 29.8 Å². The number of para-hydroxylation sites is 1. The molecule has 0 aliphatic rings. The first-order valence-corrected chi connectivity index (χ1v) is 7.07. The van der Waals surface area contributed by atoms with Crippen molar-refractivity contribution in [1.29, 1.82) is 0 Å². The summed E-state index contributed by atoms with van der Waals surface area (Å²) in [7, 11) is 0. The average Bonchev–Trinajstić information content (AvgIpc) is 2.28. The summed E-state index contributed by atoms with van der Waals surface area (Å²) in [5.41, 5.74) is 7.70. The van der Waals surface area contributed by atoms with Gasteiger partial charge in [-0.1, -0.05) is 51.0 Å². The highest BCUT2D eigenvalue weighted by Gasteiger charge is 2.07. The first kappa shape index (κ1) is 15.0. The van der Waals surface area contributed by atoms with Crippen LogP contribution in [0.15, 0.2) is 24.3 Å². The van der Waals surface area contributed by atoms with Gasteiger partial charge in [0.25, 0.3) is 0 Å². The number of hydrogen-bond acceptors (Lipinski definition) is 2. The number of nitrogens with one attached hydrogen (secondary N) is 1. The molecule has 3 heteroatoms. The van der Waals surface area contributed by atoms with Crippen molar-refractivity contribution in [3.8, 4) is 0 Å². The van der Waals surface area contributed by atoms with Crippen molar-refractivity contribution in [2.75, 3.05) is 5.32 Å². The molecular weight excluding hydrogens is 240 g/mol. The molecule has 0 saturated carbocycles. The highest BCUT2D eigenvalue weighted by molar-refractivity contribution is 7.80. The van der Waals surface area contributed by atoms with E-state index in [9.17, 15) is 0 Å². The zero-order valence-corrected chi connectivity index (χ0v) is 12.4. The number of anilines is 1. The Labute approximate surface area is 116 Å². The van der Waals surface area contributed by atoms with Gasteiger partial charge in [-0.15, -0.1) is 0 Å². The van der Waals surface area contributed by atoms with Gasteiger partial charge in [0.2, 0.25) is 0 Å². The highest BCUT2D eigenvalue weighted by atomic mass is 32.1. The minimum atomic E-state index is 0.444. The largest absolute Gasteiger partial charge is 0.389 e. The van der Waals surface area contributed by atoms with Crippen LogP contribution in [0.1, 0.15) is 45.6 Å². The molecule has 0 aromatic heterocycles. The fourth-order valence-corrected chi connectivity index (χ4v) is 2.17. The molecule has 18 heavy (non-hydrogen) atoms. The van der Waals surface area contributed by atoms with Gasteiger partial charge in [-0.3, -0.25) is 0 Å². The molecule has 0 fully saturated rings. The van der Waals surface area contributed by atoms with Crippen molar-refractivity contribution in [3.63, 3.8) is 0 Å². The molecule has 0 aliphatic carbocycles. The normalized spacial score (nSPS) is 12.4. The van der Waals surface area contributed by atoms with E-state index in [-0.39, 0.29) is 0 Å². The van der Waals surface area contributed by atoms with Crippen LogP contribution in [0.3, 0.4) is 0 Å². The van der Waals surface area contributed by atoms with Crippen LogP contribution in [-0.2, 0) is 0 Å². The molecular formula is C15H24N2S. The number of rotatable bonds is 7. The summed E-state index contributed by atoms with van der Waals surface area (Å²) in [5.74, 6) is 0.779. The van der Waals surface area contributed by atoms with E-state index in [0.29, 0.717) is 11.0 Å². The molecule has 0 radical (unpaired) electrons. The predicted molar refractivity (Wildman–Crippen MR) is 84.1 cm³/mol. The Balaban J connectivity index is 2.53. The van der Waals surface area contributed by atoms with Crippen LogP contribution in [0.4, 0.5) is 5.69 Å². The Morgan fingerprint density at radius 3 is 2.50 bits per heavy atom. The van der Waals surface area contributed by atoms with Gasteiger partial charge in [0.05, 0.1) is 0 Å². The summed E-state index contributed by atoms with van der Waals surface area (Å²) in [6.45, 7) is 6.73. The maximum Gasteiger partial charge on any atom is 0.106 e. The van der Waals surface area contributed by atoms with Crippen LogP contribution >= 0.6 is 12.2 Å². The van der Waals surface area contributed by atoms with Gasteiger partial charge in [0, 0.05) is 17.3 Å². The molecule has 2 nitrogen and oxygen atoms in total. The number of hydrogen-bond donors (Lipinski definition) is 2.